The quantitative estimate of drug-likeness (QED) is 0.846. The van der Waals surface area contributed by atoms with Crippen molar-refractivity contribution in [3.8, 4) is 0 Å². The largest absolute Gasteiger partial charge is 0.388 e. The summed E-state index contributed by atoms with van der Waals surface area (Å²) in [6.07, 6.45) is -0.615. The fourth-order valence-electron chi connectivity index (χ4n) is 2.04. The van der Waals surface area contributed by atoms with Gasteiger partial charge in [-0.25, -0.2) is 4.39 Å². The highest BCUT2D eigenvalue weighted by Gasteiger charge is 2.16. The number of aryl methyl sites for hydroxylation is 1. The monoisotopic (exact) mass is 342 g/mol. The molecule has 19 heavy (non-hydrogen) atoms. The highest BCUT2D eigenvalue weighted by atomic mass is 79.9. The van der Waals surface area contributed by atoms with Crippen LogP contribution in [0.25, 0.3) is 0 Å². The van der Waals surface area contributed by atoms with Crippen molar-refractivity contribution in [1.82, 2.24) is 0 Å². The summed E-state index contributed by atoms with van der Waals surface area (Å²) < 4.78 is 14.6. The van der Waals surface area contributed by atoms with Crippen LogP contribution in [0.1, 0.15) is 22.8 Å². The van der Waals surface area contributed by atoms with Crippen LogP contribution in [-0.2, 0) is 6.42 Å². The van der Waals surface area contributed by atoms with Crippen molar-refractivity contribution in [3.05, 3.63) is 68.4 Å². The van der Waals surface area contributed by atoms with E-state index in [4.69, 9.17) is 11.6 Å². The van der Waals surface area contributed by atoms with Gasteiger partial charge in [-0.3, -0.25) is 0 Å². The van der Waals surface area contributed by atoms with Crippen molar-refractivity contribution in [1.29, 1.82) is 0 Å². The van der Waals surface area contributed by atoms with Crippen molar-refractivity contribution in [2.24, 2.45) is 0 Å². The van der Waals surface area contributed by atoms with Crippen LogP contribution in [0, 0.1) is 12.7 Å². The highest BCUT2D eigenvalue weighted by molar-refractivity contribution is 9.10. The zero-order valence-electron chi connectivity index (χ0n) is 10.3. The minimum Gasteiger partial charge on any atom is -0.388 e. The van der Waals surface area contributed by atoms with E-state index in [1.807, 2.05) is 25.1 Å². The van der Waals surface area contributed by atoms with E-state index in [0.29, 0.717) is 10.6 Å². The molecule has 0 spiro atoms. The highest BCUT2D eigenvalue weighted by Crippen LogP contribution is 2.28. The van der Waals surface area contributed by atoms with Crippen LogP contribution in [0.4, 0.5) is 4.39 Å². The van der Waals surface area contributed by atoms with E-state index in [9.17, 15) is 9.50 Å². The van der Waals surface area contributed by atoms with E-state index >= 15 is 0 Å². The molecule has 0 amide bonds. The number of aliphatic hydroxyl groups excluding tert-OH is 1. The Morgan fingerprint density at radius 1 is 1.32 bits per heavy atom. The lowest BCUT2D eigenvalue weighted by Gasteiger charge is -2.15. The van der Waals surface area contributed by atoms with E-state index in [2.05, 4.69) is 15.9 Å². The van der Waals surface area contributed by atoms with Crippen molar-refractivity contribution >= 4 is 27.5 Å². The lowest BCUT2D eigenvalue weighted by molar-refractivity contribution is 0.176. The van der Waals surface area contributed by atoms with Gasteiger partial charge in [0, 0.05) is 21.5 Å². The molecule has 0 fully saturated rings. The van der Waals surface area contributed by atoms with Crippen LogP contribution < -0.4 is 0 Å². The maximum Gasteiger partial charge on any atom is 0.127 e. The Labute approximate surface area is 125 Å². The molecule has 1 atom stereocenters. The predicted octanol–water partition coefficient (Wildman–Crippen LogP) is 4.83. The summed E-state index contributed by atoms with van der Waals surface area (Å²) in [5.74, 6) is -0.388. The van der Waals surface area contributed by atoms with E-state index in [0.717, 1.165) is 15.6 Å². The van der Waals surface area contributed by atoms with Crippen LogP contribution in [-0.4, -0.2) is 5.11 Å². The molecule has 0 bridgehead atoms. The molecule has 0 aliphatic carbocycles. The van der Waals surface area contributed by atoms with Crippen LogP contribution in [0.2, 0.25) is 5.02 Å². The SMILES string of the molecule is Cc1cc(Br)ccc1C(O)Cc1c(F)cccc1Cl. The Bertz CT molecular complexity index is 580. The first-order valence-corrected chi connectivity index (χ1v) is 7.03. The summed E-state index contributed by atoms with van der Waals surface area (Å²) >= 11 is 9.34. The third-order valence-corrected chi connectivity index (χ3v) is 3.90. The first kappa shape index (κ1) is 14.5. The number of benzene rings is 2. The fraction of sp³-hybridized carbons (Fsp3) is 0.200. The molecule has 0 aliphatic heterocycles. The molecule has 100 valence electrons. The molecule has 0 saturated carbocycles. The maximum absolute atomic E-state index is 13.7. The zero-order valence-corrected chi connectivity index (χ0v) is 12.7. The molecule has 2 aromatic carbocycles. The summed E-state index contributed by atoms with van der Waals surface area (Å²) in [5.41, 5.74) is 2.08. The molecule has 0 saturated heterocycles. The van der Waals surface area contributed by atoms with Gasteiger partial charge < -0.3 is 5.11 Å². The van der Waals surface area contributed by atoms with Gasteiger partial charge in [-0.1, -0.05) is 39.7 Å². The number of rotatable bonds is 3. The molecule has 1 nitrogen and oxygen atoms in total. The predicted molar refractivity (Wildman–Crippen MR) is 79.0 cm³/mol. The first-order chi connectivity index (χ1) is 8.99. The lowest BCUT2D eigenvalue weighted by atomic mass is 9.97. The van der Waals surface area contributed by atoms with Gasteiger partial charge in [0.05, 0.1) is 6.10 Å². The van der Waals surface area contributed by atoms with Crippen LogP contribution in [0.3, 0.4) is 0 Å². The third kappa shape index (κ3) is 3.35. The Hall–Kier alpha value is -0.900. The number of hydrogen-bond donors (Lipinski definition) is 1. The maximum atomic E-state index is 13.7. The van der Waals surface area contributed by atoms with Crippen molar-refractivity contribution in [2.75, 3.05) is 0 Å². The van der Waals surface area contributed by atoms with Gasteiger partial charge in [-0.15, -0.1) is 0 Å². The summed E-state index contributed by atoms with van der Waals surface area (Å²) in [6, 6.07) is 10.1. The van der Waals surface area contributed by atoms with E-state index in [-0.39, 0.29) is 12.2 Å². The summed E-state index contributed by atoms with van der Waals surface area (Å²) in [6.45, 7) is 1.91. The van der Waals surface area contributed by atoms with E-state index in [1.165, 1.54) is 6.07 Å². The Balaban J connectivity index is 2.28. The fourth-order valence-corrected chi connectivity index (χ4v) is 2.76. The van der Waals surface area contributed by atoms with Crippen LogP contribution >= 0.6 is 27.5 Å². The smallest absolute Gasteiger partial charge is 0.127 e. The average molecular weight is 344 g/mol. The van der Waals surface area contributed by atoms with E-state index < -0.39 is 6.10 Å². The van der Waals surface area contributed by atoms with Crippen molar-refractivity contribution in [3.63, 3.8) is 0 Å². The second-order valence-electron chi connectivity index (χ2n) is 4.42. The van der Waals surface area contributed by atoms with E-state index in [1.54, 1.807) is 12.1 Å². The van der Waals surface area contributed by atoms with Crippen molar-refractivity contribution < 1.29 is 9.50 Å². The number of hydrogen-bond acceptors (Lipinski definition) is 1. The average Bonchev–Trinajstić information content (AvgIpc) is 2.33. The number of halogens is 3. The second kappa shape index (κ2) is 6.04. The summed E-state index contributed by atoms with van der Waals surface area (Å²) in [4.78, 5) is 0. The Morgan fingerprint density at radius 3 is 2.68 bits per heavy atom. The molecule has 0 aromatic heterocycles. The molecule has 0 heterocycles. The van der Waals surface area contributed by atoms with Gasteiger partial charge in [-0.05, 0) is 42.3 Å². The standard InChI is InChI=1S/C15H13BrClFO/c1-9-7-10(16)5-6-11(9)15(19)8-12-13(17)3-2-4-14(12)18/h2-7,15,19H,8H2,1H3. The molecule has 4 heteroatoms. The molecule has 2 rings (SSSR count). The van der Waals surface area contributed by atoms with Crippen molar-refractivity contribution in [2.45, 2.75) is 19.4 Å². The summed E-state index contributed by atoms with van der Waals surface area (Å²) in [5, 5.41) is 10.6. The third-order valence-electron chi connectivity index (χ3n) is 3.05. The van der Waals surface area contributed by atoms with Gasteiger partial charge in [0.1, 0.15) is 5.82 Å². The summed E-state index contributed by atoms with van der Waals surface area (Å²) in [7, 11) is 0. The van der Waals surface area contributed by atoms with Crippen LogP contribution in [0.5, 0.6) is 0 Å². The lowest BCUT2D eigenvalue weighted by Crippen LogP contribution is -2.06. The van der Waals surface area contributed by atoms with Gasteiger partial charge in [0.25, 0.3) is 0 Å². The first-order valence-electron chi connectivity index (χ1n) is 5.86. The normalized spacial score (nSPS) is 12.5. The Morgan fingerprint density at radius 2 is 2.05 bits per heavy atom. The molecule has 0 radical (unpaired) electrons. The van der Waals surface area contributed by atoms with Gasteiger partial charge >= 0.3 is 0 Å². The Kier molecular flexibility index (Phi) is 4.61. The molecular weight excluding hydrogens is 331 g/mol. The molecule has 0 aliphatic rings. The molecule has 1 N–H and O–H groups in total. The van der Waals surface area contributed by atoms with Crippen LogP contribution in [0.15, 0.2) is 40.9 Å². The van der Waals surface area contributed by atoms with Gasteiger partial charge in [0.2, 0.25) is 0 Å². The number of aliphatic hydroxyl groups is 1. The minimum atomic E-state index is -0.775. The zero-order chi connectivity index (χ0) is 14.0. The van der Waals surface area contributed by atoms with Gasteiger partial charge in [-0.2, -0.15) is 0 Å². The van der Waals surface area contributed by atoms with Gasteiger partial charge in [0.15, 0.2) is 0 Å². The second-order valence-corrected chi connectivity index (χ2v) is 5.74. The minimum absolute atomic E-state index is 0.161. The molecule has 1 unspecified atom stereocenters. The topological polar surface area (TPSA) is 20.2 Å². The molecule has 2 aromatic rings. The molecular formula is C15H13BrClFO.